The lowest BCUT2D eigenvalue weighted by atomic mass is 10.0. The SMILES string of the molecule is CCC(=O)N1CCCCN(CC)C(=O)c2ccccc2OC[C@@H]1CC(C)C. The van der Waals surface area contributed by atoms with E-state index in [-0.39, 0.29) is 17.9 Å². The molecule has 5 heteroatoms. The summed E-state index contributed by atoms with van der Waals surface area (Å²) in [6, 6.07) is 7.48. The quantitative estimate of drug-likeness (QED) is 0.801. The van der Waals surface area contributed by atoms with E-state index in [0.717, 1.165) is 25.8 Å². The van der Waals surface area contributed by atoms with E-state index >= 15 is 0 Å². The third-order valence-electron chi connectivity index (χ3n) is 5.10. The number of carbonyl (C=O) groups is 2. The van der Waals surface area contributed by atoms with Crippen molar-refractivity contribution in [2.75, 3.05) is 26.2 Å². The van der Waals surface area contributed by atoms with E-state index in [0.29, 0.717) is 43.3 Å². The summed E-state index contributed by atoms with van der Waals surface area (Å²) in [5, 5.41) is 0. The molecule has 27 heavy (non-hydrogen) atoms. The second-order valence-electron chi connectivity index (χ2n) is 7.62. The lowest BCUT2D eigenvalue weighted by molar-refractivity contribution is -0.134. The summed E-state index contributed by atoms with van der Waals surface area (Å²) in [5.41, 5.74) is 0.608. The van der Waals surface area contributed by atoms with Gasteiger partial charge >= 0.3 is 0 Å². The van der Waals surface area contributed by atoms with Crippen LogP contribution < -0.4 is 4.74 Å². The third-order valence-corrected chi connectivity index (χ3v) is 5.10. The Morgan fingerprint density at radius 2 is 1.89 bits per heavy atom. The average molecular weight is 375 g/mol. The summed E-state index contributed by atoms with van der Waals surface area (Å²) < 4.78 is 6.12. The van der Waals surface area contributed by atoms with Gasteiger partial charge in [0.1, 0.15) is 12.4 Å². The predicted octanol–water partition coefficient (Wildman–Crippen LogP) is 3.97. The number of nitrogens with zero attached hydrogens (tertiary/aromatic N) is 2. The van der Waals surface area contributed by atoms with Crippen molar-refractivity contribution < 1.29 is 14.3 Å². The molecule has 0 spiro atoms. The maximum Gasteiger partial charge on any atom is 0.257 e. The lowest BCUT2D eigenvalue weighted by Gasteiger charge is -2.34. The molecule has 0 aliphatic carbocycles. The molecule has 150 valence electrons. The molecule has 0 N–H and O–H groups in total. The number of benzene rings is 1. The molecule has 1 atom stereocenters. The number of amides is 2. The summed E-state index contributed by atoms with van der Waals surface area (Å²) in [5.74, 6) is 1.28. The second kappa shape index (κ2) is 10.3. The molecule has 1 aromatic carbocycles. The zero-order chi connectivity index (χ0) is 19.8. The molecule has 1 aliphatic rings. The van der Waals surface area contributed by atoms with Gasteiger partial charge < -0.3 is 14.5 Å². The van der Waals surface area contributed by atoms with Crippen molar-refractivity contribution in [3.8, 4) is 5.75 Å². The van der Waals surface area contributed by atoms with Crippen LogP contribution in [0.3, 0.4) is 0 Å². The predicted molar refractivity (Wildman–Crippen MR) is 108 cm³/mol. The van der Waals surface area contributed by atoms with Crippen molar-refractivity contribution in [2.45, 2.75) is 59.4 Å². The number of fused-ring (bicyclic) bond motifs is 1. The Morgan fingerprint density at radius 3 is 2.56 bits per heavy atom. The number of ether oxygens (including phenoxy) is 1. The average Bonchev–Trinajstić information content (AvgIpc) is 2.66. The van der Waals surface area contributed by atoms with Gasteiger partial charge in [0, 0.05) is 26.1 Å². The normalized spacial score (nSPS) is 19.1. The molecule has 0 unspecified atom stereocenters. The Bertz CT molecular complexity index is 630. The molecular formula is C22H34N2O3. The monoisotopic (exact) mass is 374 g/mol. The summed E-state index contributed by atoms with van der Waals surface area (Å²) in [6.45, 7) is 10.8. The highest BCUT2D eigenvalue weighted by Gasteiger charge is 2.26. The molecule has 5 nitrogen and oxygen atoms in total. The largest absolute Gasteiger partial charge is 0.491 e. The molecule has 2 rings (SSSR count). The zero-order valence-electron chi connectivity index (χ0n) is 17.2. The fourth-order valence-corrected chi connectivity index (χ4v) is 3.66. The van der Waals surface area contributed by atoms with Gasteiger partial charge in [-0.05, 0) is 44.2 Å². The number of para-hydroxylation sites is 1. The van der Waals surface area contributed by atoms with E-state index in [9.17, 15) is 9.59 Å². The molecule has 1 aromatic rings. The first-order chi connectivity index (χ1) is 13.0. The summed E-state index contributed by atoms with van der Waals surface area (Å²) in [7, 11) is 0. The minimum Gasteiger partial charge on any atom is -0.491 e. The lowest BCUT2D eigenvalue weighted by Crippen LogP contribution is -2.45. The van der Waals surface area contributed by atoms with Crippen LogP contribution in [0.15, 0.2) is 24.3 Å². The van der Waals surface area contributed by atoms with Gasteiger partial charge in [-0.3, -0.25) is 9.59 Å². The van der Waals surface area contributed by atoms with E-state index in [1.807, 2.05) is 47.9 Å². The Balaban J connectivity index is 2.34. The molecule has 1 aliphatic heterocycles. The van der Waals surface area contributed by atoms with Crippen molar-refractivity contribution in [3.05, 3.63) is 29.8 Å². The molecule has 0 saturated heterocycles. The Hall–Kier alpha value is -2.04. The molecule has 2 amide bonds. The number of hydrogen-bond acceptors (Lipinski definition) is 3. The van der Waals surface area contributed by atoms with Gasteiger partial charge in [0.25, 0.3) is 5.91 Å². The van der Waals surface area contributed by atoms with E-state index in [1.54, 1.807) is 0 Å². The Kier molecular flexibility index (Phi) is 8.14. The van der Waals surface area contributed by atoms with Crippen LogP contribution >= 0.6 is 0 Å². The van der Waals surface area contributed by atoms with E-state index in [4.69, 9.17) is 4.74 Å². The molecule has 0 radical (unpaired) electrons. The van der Waals surface area contributed by atoms with Crippen LogP contribution in [-0.2, 0) is 4.79 Å². The van der Waals surface area contributed by atoms with Crippen molar-refractivity contribution in [1.29, 1.82) is 0 Å². The number of carbonyl (C=O) groups excluding carboxylic acids is 2. The van der Waals surface area contributed by atoms with Crippen LogP contribution in [0.5, 0.6) is 5.75 Å². The first-order valence-corrected chi connectivity index (χ1v) is 10.3. The van der Waals surface area contributed by atoms with Crippen molar-refractivity contribution >= 4 is 11.8 Å². The van der Waals surface area contributed by atoms with Gasteiger partial charge in [-0.2, -0.15) is 0 Å². The first kappa shape index (κ1) is 21.3. The molecule has 0 bridgehead atoms. The summed E-state index contributed by atoms with van der Waals surface area (Å²) in [4.78, 5) is 29.4. The molecule has 0 aromatic heterocycles. The highest BCUT2D eigenvalue weighted by molar-refractivity contribution is 5.96. The van der Waals surface area contributed by atoms with E-state index in [1.165, 1.54) is 0 Å². The van der Waals surface area contributed by atoms with Crippen LogP contribution in [0.2, 0.25) is 0 Å². The van der Waals surface area contributed by atoms with E-state index in [2.05, 4.69) is 13.8 Å². The highest BCUT2D eigenvalue weighted by atomic mass is 16.5. The Labute approximate surface area is 163 Å². The number of hydrogen-bond donors (Lipinski definition) is 0. The van der Waals surface area contributed by atoms with Gasteiger partial charge in [-0.15, -0.1) is 0 Å². The smallest absolute Gasteiger partial charge is 0.257 e. The van der Waals surface area contributed by atoms with Crippen molar-refractivity contribution in [2.24, 2.45) is 5.92 Å². The highest BCUT2D eigenvalue weighted by Crippen LogP contribution is 2.23. The standard InChI is InChI=1S/C22H34N2O3/c1-5-21(25)24-14-10-9-13-23(6-2)22(26)19-11-7-8-12-20(19)27-16-18(24)15-17(3)4/h7-8,11-12,17-18H,5-6,9-10,13-16H2,1-4H3/t18-/m0/s1. The van der Waals surface area contributed by atoms with Gasteiger partial charge in [0.05, 0.1) is 11.6 Å². The van der Waals surface area contributed by atoms with Crippen molar-refractivity contribution in [3.63, 3.8) is 0 Å². The summed E-state index contributed by atoms with van der Waals surface area (Å²) >= 11 is 0. The molecule has 1 heterocycles. The second-order valence-corrected chi connectivity index (χ2v) is 7.62. The van der Waals surface area contributed by atoms with Crippen LogP contribution in [0, 0.1) is 5.92 Å². The maximum absolute atomic E-state index is 12.9. The maximum atomic E-state index is 12.9. The first-order valence-electron chi connectivity index (χ1n) is 10.3. The minimum atomic E-state index is 0.0237. The van der Waals surface area contributed by atoms with Gasteiger partial charge in [-0.1, -0.05) is 32.9 Å². The topological polar surface area (TPSA) is 49.9 Å². The summed E-state index contributed by atoms with van der Waals surface area (Å²) in [6.07, 6.45) is 3.18. The fourth-order valence-electron chi connectivity index (χ4n) is 3.66. The van der Waals surface area contributed by atoms with Crippen molar-refractivity contribution in [1.82, 2.24) is 9.80 Å². The fraction of sp³-hybridized carbons (Fsp3) is 0.636. The number of rotatable bonds is 4. The van der Waals surface area contributed by atoms with Gasteiger partial charge in [0.2, 0.25) is 5.91 Å². The van der Waals surface area contributed by atoms with Crippen LogP contribution in [0.25, 0.3) is 0 Å². The molecule has 0 saturated carbocycles. The third kappa shape index (κ3) is 5.72. The zero-order valence-corrected chi connectivity index (χ0v) is 17.2. The van der Waals surface area contributed by atoms with Crippen LogP contribution in [0.1, 0.15) is 63.7 Å². The van der Waals surface area contributed by atoms with Gasteiger partial charge in [0.15, 0.2) is 0 Å². The molecular weight excluding hydrogens is 340 g/mol. The van der Waals surface area contributed by atoms with Crippen LogP contribution in [0.4, 0.5) is 0 Å². The van der Waals surface area contributed by atoms with Crippen LogP contribution in [-0.4, -0.2) is 53.9 Å². The van der Waals surface area contributed by atoms with Gasteiger partial charge in [-0.25, -0.2) is 0 Å². The van der Waals surface area contributed by atoms with E-state index < -0.39 is 0 Å². The minimum absolute atomic E-state index is 0.0237. The Morgan fingerprint density at radius 1 is 1.19 bits per heavy atom. The molecule has 0 fully saturated rings.